The summed E-state index contributed by atoms with van der Waals surface area (Å²) in [4.78, 5) is 13.7. The van der Waals surface area contributed by atoms with Crippen LogP contribution in [0.1, 0.15) is 54.8 Å². The van der Waals surface area contributed by atoms with E-state index in [1.165, 1.54) is 19.1 Å². The number of allylic oxidation sites excluding steroid dienone is 2. The van der Waals surface area contributed by atoms with E-state index in [9.17, 15) is 50.8 Å². The maximum absolute atomic E-state index is 13.7. The van der Waals surface area contributed by atoms with Gasteiger partial charge in [-0.05, 0) is 44.9 Å². The fourth-order valence-electron chi connectivity index (χ4n) is 5.66. The number of rotatable bonds is 8. The summed E-state index contributed by atoms with van der Waals surface area (Å²) in [6, 6.07) is 6.02. The quantitative estimate of drug-likeness (QED) is 0.134. The van der Waals surface area contributed by atoms with Crippen LogP contribution in [0.4, 0.5) is 0 Å². The van der Waals surface area contributed by atoms with Crippen LogP contribution in [0, 0.1) is 0 Å². The van der Waals surface area contributed by atoms with Crippen molar-refractivity contribution >= 4 is 5.78 Å². The van der Waals surface area contributed by atoms with Crippen LogP contribution in [0.5, 0.6) is 28.7 Å². The molecule has 0 bridgehead atoms. The third-order valence-corrected chi connectivity index (χ3v) is 8.48. The van der Waals surface area contributed by atoms with Gasteiger partial charge in [-0.1, -0.05) is 23.8 Å². The summed E-state index contributed by atoms with van der Waals surface area (Å²) in [5.74, 6) is -2.76. The third-order valence-electron chi connectivity index (χ3n) is 8.48. The number of ketones is 1. The first-order valence-electron chi connectivity index (χ1n) is 15.1. The first kappa shape index (κ1) is 34.8. The van der Waals surface area contributed by atoms with Gasteiger partial charge in [-0.25, -0.2) is 0 Å². The van der Waals surface area contributed by atoms with Gasteiger partial charge < -0.3 is 69.6 Å². The van der Waals surface area contributed by atoms with Crippen LogP contribution in [0.15, 0.2) is 35.9 Å². The van der Waals surface area contributed by atoms with Crippen molar-refractivity contribution in [2.45, 2.75) is 101 Å². The maximum Gasteiger partial charge on any atom is 0.229 e. The van der Waals surface area contributed by atoms with Crippen molar-refractivity contribution in [3.63, 3.8) is 0 Å². The fourth-order valence-corrected chi connectivity index (χ4v) is 5.66. The third kappa shape index (κ3) is 6.90. The highest BCUT2D eigenvalue weighted by Gasteiger charge is 2.48. The van der Waals surface area contributed by atoms with Crippen molar-refractivity contribution in [3.05, 3.63) is 52.6 Å². The second kappa shape index (κ2) is 13.9. The first-order valence-corrected chi connectivity index (χ1v) is 15.1. The van der Waals surface area contributed by atoms with Gasteiger partial charge in [-0.3, -0.25) is 4.79 Å². The lowest BCUT2D eigenvalue weighted by Gasteiger charge is -2.42. The molecule has 3 aliphatic rings. The number of carbonyl (C=O) groups excluding carboxylic acids is 1. The van der Waals surface area contributed by atoms with E-state index < -0.39 is 97.2 Å². The SMILES string of the molecule is CC(C)=CCc1c(O)c(O)c(O[C@@H]2OC(CO[C@@H]3OC(C)[C@H](O)[C@H](O)C3O)[C@@H](O)C(O)C2O)c2c1OC(c1ccc(O)cc1)CC2=O. The predicted molar refractivity (Wildman–Crippen MR) is 159 cm³/mol. The zero-order valence-electron chi connectivity index (χ0n) is 25.8. The van der Waals surface area contributed by atoms with Crippen molar-refractivity contribution < 1.29 is 74.4 Å². The summed E-state index contributed by atoms with van der Waals surface area (Å²) < 4.78 is 28.6. The average Bonchev–Trinajstić information content (AvgIpc) is 3.03. The summed E-state index contributed by atoms with van der Waals surface area (Å²) in [7, 11) is 0. The molecule has 2 fully saturated rings. The molecule has 0 spiro atoms. The zero-order valence-corrected chi connectivity index (χ0v) is 25.8. The Morgan fingerprint density at radius 3 is 2.15 bits per heavy atom. The molecule has 0 amide bonds. The molecule has 0 aromatic heterocycles. The number of phenols is 3. The molecule has 15 nitrogen and oxygen atoms in total. The Hall–Kier alpha value is -3.51. The molecule has 0 saturated carbocycles. The van der Waals surface area contributed by atoms with E-state index in [2.05, 4.69) is 0 Å². The first-order chi connectivity index (χ1) is 22.2. The van der Waals surface area contributed by atoms with Gasteiger partial charge >= 0.3 is 0 Å². The Morgan fingerprint density at radius 1 is 0.851 bits per heavy atom. The van der Waals surface area contributed by atoms with Crippen molar-refractivity contribution in [2.24, 2.45) is 0 Å². The lowest BCUT2D eigenvalue weighted by atomic mass is 9.91. The smallest absolute Gasteiger partial charge is 0.229 e. The normalized spacial score (nSPS) is 33.9. The highest BCUT2D eigenvalue weighted by Crippen LogP contribution is 2.52. The number of phenolic OH excluding ortho intramolecular Hbond substituents is 3. The minimum absolute atomic E-state index is 0.00855. The topological polar surface area (TPSA) is 245 Å². The molecule has 0 aliphatic carbocycles. The zero-order chi connectivity index (χ0) is 34.3. The number of Topliss-reactive ketones (excluding diaryl/α,β-unsaturated/α-hetero) is 1. The number of hydrogen-bond acceptors (Lipinski definition) is 15. The van der Waals surface area contributed by atoms with E-state index in [0.29, 0.717) is 5.56 Å². The van der Waals surface area contributed by atoms with Gasteiger partial charge in [0, 0.05) is 5.56 Å². The van der Waals surface area contributed by atoms with Gasteiger partial charge in [0.05, 0.1) is 19.1 Å². The van der Waals surface area contributed by atoms with Gasteiger partial charge in [-0.2, -0.15) is 0 Å². The van der Waals surface area contributed by atoms with E-state index in [1.54, 1.807) is 18.2 Å². The van der Waals surface area contributed by atoms with Crippen LogP contribution < -0.4 is 9.47 Å². The lowest BCUT2D eigenvalue weighted by Crippen LogP contribution is -2.61. The van der Waals surface area contributed by atoms with E-state index in [4.69, 9.17) is 23.7 Å². The molecule has 2 aromatic rings. The standard InChI is InChI=1S/C32H40O15/c1-12(2)4-9-16-22(36)26(40)30(20-17(34)10-18(45-29(16)20)14-5-7-15(33)8-6-14)47-32-28(42)25(39)23(37)19(46-32)11-43-31-27(41)24(38)21(35)13(3)44-31/h4-8,13,18-19,21,23-25,27-28,31-33,35-42H,9-11H2,1-3H3/t13?,18?,19?,21-,23+,24-,25?,27?,28?,31+,32-/m0/s1. The van der Waals surface area contributed by atoms with E-state index >= 15 is 0 Å². The number of hydrogen-bond donors (Lipinski definition) is 9. The molecule has 15 heteroatoms. The van der Waals surface area contributed by atoms with Crippen LogP contribution in [0.3, 0.4) is 0 Å². The van der Waals surface area contributed by atoms with Gasteiger partial charge in [0.2, 0.25) is 12.0 Å². The molecule has 11 atom stereocenters. The Balaban J connectivity index is 1.45. The largest absolute Gasteiger partial charge is 0.508 e. The second-order valence-corrected chi connectivity index (χ2v) is 12.2. The molecule has 9 N–H and O–H groups in total. The van der Waals surface area contributed by atoms with Crippen LogP contribution in [0.25, 0.3) is 0 Å². The summed E-state index contributed by atoms with van der Waals surface area (Å²) in [6.45, 7) is 4.51. The van der Waals surface area contributed by atoms with Gasteiger partial charge in [0.1, 0.15) is 65.9 Å². The Labute approximate surface area is 269 Å². The van der Waals surface area contributed by atoms with Crippen molar-refractivity contribution in [1.29, 1.82) is 0 Å². The van der Waals surface area contributed by atoms with E-state index in [-0.39, 0.29) is 35.5 Å². The number of aromatic hydroxyl groups is 3. The summed E-state index contributed by atoms with van der Waals surface area (Å²) in [5.41, 5.74) is 1.26. The Kier molecular flexibility index (Phi) is 10.3. The molecule has 3 heterocycles. The molecular formula is C32H40O15. The molecule has 5 rings (SSSR count). The predicted octanol–water partition coefficient (Wildman–Crippen LogP) is 0.0491. The number of benzene rings is 2. The molecule has 0 radical (unpaired) electrons. The second-order valence-electron chi connectivity index (χ2n) is 12.2. The van der Waals surface area contributed by atoms with Gasteiger partial charge in [-0.15, -0.1) is 0 Å². The highest BCUT2D eigenvalue weighted by molar-refractivity contribution is 6.04. The van der Waals surface area contributed by atoms with Crippen molar-refractivity contribution in [1.82, 2.24) is 0 Å². The summed E-state index contributed by atoms with van der Waals surface area (Å²) in [6.07, 6.45) is -15.1. The van der Waals surface area contributed by atoms with Crippen LogP contribution >= 0.6 is 0 Å². The van der Waals surface area contributed by atoms with E-state index in [0.717, 1.165) is 5.57 Å². The molecule has 2 saturated heterocycles. The molecule has 2 aromatic carbocycles. The number of fused-ring (bicyclic) bond motifs is 1. The van der Waals surface area contributed by atoms with Crippen molar-refractivity contribution in [3.8, 4) is 28.7 Å². The Morgan fingerprint density at radius 2 is 1.49 bits per heavy atom. The summed E-state index contributed by atoms with van der Waals surface area (Å²) in [5, 5.41) is 94.2. The van der Waals surface area contributed by atoms with Crippen LogP contribution in [-0.2, 0) is 20.6 Å². The number of ether oxygens (including phenoxy) is 5. The monoisotopic (exact) mass is 664 g/mol. The lowest BCUT2D eigenvalue weighted by molar-refractivity contribution is -0.318. The fraction of sp³-hybridized carbons (Fsp3) is 0.531. The summed E-state index contributed by atoms with van der Waals surface area (Å²) >= 11 is 0. The maximum atomic E-state index is 13.7. The molecule has 47 heavy (non-hydrogen) atoms. The average molecular weight is 665 g/mol. The van der Waals surface area contributed by atoms with Gasteiger partial charge in [0.15, 0.2) is 23.6 Å². The highest BCUT2D eigenvalue weighted by atomic mass is 16.7. The minimum Gasteiger partial charge on any atom is -0.508 e. The number of aliphatic hydroxyl groups excluding tert-OH is 6. The number of aliphatic hydroxyl groups is 6. The Bertz CT molecular complexity index is 1470. The molecule has 258 valence electrons. The van der Waals surface area contributed by atoms with Crippen LogP contribution in [-0.4, -0.2) is 120 Å². The molecular weight excluding hydrogens is 624 g/mol. The minimum atomic E-state index is -1.93. The van der Waals surface area contributed by atoms with Gasteiger partial charge in [0.25, 0.3) is 0 Å². The van der Waals surface area contributed by atoms with Crippen LogP contribution in [0.2, 0.25) is 0 Å². The molecule has 3 aliphatic heterocycles. The van der Waals surface area contributed by atoms with Crippen molar-refractivity contribution in [2.75, 3.05) is 6.61 Å². The van der Waals surface area contributed by atoms with E-state index in [1.807, 2.05) is 13.8 Å². The molecule has 6 unspecified atom stereocenters. The number of carbonyl (C=O) groups is 1.